The average Bonchev–Trinajstić information content (AvgIpc) is 2.07. The van der Waals surface area contributed by atoms with Gasteiger partial charge in [0, 0.05) is 0 Å². The van der Waals surface area contributed by atoms with E-state index in [1.165, 1.54) is 0 Å². The van der Waals surface area contributed by atoms with Crippen LogP contribution in [-0.2, 0) is 0 Å². The molecule has 0 saturated heterocycles. The second-order valence-corrected chi connectivity index (χ2v) is 3.33. The fourth-order valence-electron chi connectivity index (χ4n) is 0.941. The summed E-state index contributed by atoms with van der Waals surface area (Å²) >= 11 is 4.95. The quantitative estimate of drug-likeness (QED) is 0.760. The van der Waals surface area contributed by atoms with E-state index in [1.807, 2.05) is 13.8 Å². The highest BCUT2D eigenvalue weighted by Gasteiger charge is 2.05. The Bertz CT molecular complexity index is 333. The maximum atomic E-state index is 5.49. The minimum absolute atomic E-state index is 0.123. The van der Waals surface area contributed by atoms with Gasteiger partial charge >= 0.3 is 0 Å². The highest BCUT2D eigenvalue weighted by molar-refractivity contribution is 7.71. The van der Waals surface area contributed by atoms with Crippen molar-refractivity contribution in [2.24, 2.45) is 0 Å². The lowest BCUT2D eigenvalue weighted by Gasteiger charge is -2.12. The van der Waals surface area contributed by atoms with Crippen molar-refractivity contribution in [1.82, 2.24) is 4.98 Å². The number of pyridine rings is 1. The van der Waals surface area contributed by atoms with Gasteiger partial charge in [0.2, 0.25) is 5.88 Å². The lowest BCUT2D eigenvalue weighted by atomic mass is 10.4. The van der Waals surface area contributed by atoms with Crippen molar-refractivity contribution in [1.29, 1.82) is 0 Å². The molecule has 0 aliphatic rings. The molecule has 1 aromatic heterocycles. The summed E-state index contributed by atoms with van der Waals surface area (Å²) in [7, 11) is 1.58. The molecule has 0 unspecified atom stereocenters. The second kappa shape index (κ2) is 4.28. The number of H-pyrrole nitrogens is 1. The van der Waals surface area contributed by atoms with Crippen LogP contribution < -0.4 is 9.47 Å². The van der Waals surface area contributed by atoms with Gasteiger partial charge in [0.25, 0.3) is 0 Å². The third-order valence-corrected chi connectivity index (χ3v) is 1.65. The van der Waals surface area contributed by atoms with Crippen LogP contribution in [0.5, 0.6) is 11.6 Å². The molecule has 0 saturated carbocycles. The number of nitrogens with one attached hydrogen (secondary N) is 1. The Balaban J connectivity index is 2.99. The van der Waals surface area contributed by atoms with E-state index < -0.39 is 0 Å². The molecule has 1 aromatic rings. The fourth-order valence-corrected chi connectivity index (χ4v) is 1.10. The van der Waals surface area contributed by atoms with Crippen molar-refractivity contribution in [3.05, 3.63) is 16.8 Å². The maximum absolute atomic E-state index is 5.49. The molecule has 0 fully saturated rings. The minimum Gasteiger partial charge on any atom is -0.485 e. The molecule has 0 amide bonds. The Morgan fingerprint density at radius 3 is 2.62 bits per heavy atom. The molecule has 4 heteroatoms. The molecule has 1 N–H and O–H groups in total. The standard InChI is InChI=1S/C9H13NO2S/c1-6(2)12-7-4-5-8(13)10-9(7)11-3/h4-6H,1-3H3,(H,10,13). The predicted octanol–water partition coefficient (Wildman–Crippen LogP) is 2.54. The third-order valence-electron chi connectivity index (χ3n) is 1.41. The molecule has 1 heterocycles. The predicted molar refractivity (Wildman–Crippen MR) is 53.9 cm³/mol. The molecule has 0 bridgehead atoms. The lowest BCUT2D eigenvalue weighted by molar-refractivity contribution is 0.227. The highest BCUT2D eigenvalue weighted by Crippen LogP contribution is 2.24. The number of rotatable bonds is 3. The number of ether oxygens (including phenoxy) is 2. The van der Waals surface area contributed by atoms with Crippen LogP contribution in [0, 0.1) is 4.64 Å². The van der Waals surface area contributed by atoms with E-state index in [1.54, 1.807) is 19.2 Å². The molecule has 0 radical (unpaired) electrons. The van der Waals surface area contributed by atoms with Crippen LogP contribution in [0.4, 0.5) is 0 Å². The van der Waals surface area contributed by atoms with E-state index in [2.05, 4.69) is 4.98 Å². The molecule has 1 rings (SSSR count). The summed E-state index contributed by atoms with van der Waals surface area (Å²) in [5.41, 5.74) is 0. The van der Waals surface area contributed by atoms with Gasteiger partial charge in [-0.15, -0.1) is 0 Å². The van der Waals surface area contributed by atoms with Crippen LogP contribution in [0.15, 0.2) is 12.1 Å². The number of hydrogen-bond donors (Lipinski definition) is 1. The van der Waals surface area contributed by atoms with Crippen LogP contribution >= 0.6 is 12.2 Å². The van der Waals surface area contributed by atoms with Crippen molar-refractivity contribution in [2.75, 3.05) is 7.11 Å². The SMILES string of the molecule is COc1[nH]c(=S)ccc1OC(C)C. The van der Waals surface area contributed by atoms with Crippen molar-refractivity contribution < 1.29 is 9.47 Å². The molecule has 3 nitrogen and oxygen atoms in total. The minimum atomic E-state index is 0.123. The van der Waals surface area contributed by atoms with Crippen LogP contribution in [0.25, 0.3) is 0 Å². The summed E-state index contributed by atoms with van der Waals surface area (Å²) in [6, 6.07) is 3.58. The Kier molecular flexibility index (Phi) is 3.31. The highest BCUT2D eigenvalue weighted by atomic mass is 32.1. The summed E-state index contributed by atoms with van der Waals surface area (Å²) < 4.78 is 11.2. The fraction of sp³-hybridized carbons (Fsp3) is 0.444. The first-order valence-electron chi connectivity index (χ1n) is 4.07. The molecule has 72 valence electrons. The smallest absolute Gasteiger partial charge is 0.235 e. The van der Waals surface area contributed by atoms with E-state index in [4.69, 9.17) is 21.7 Å². The van der Waals surface area contributed by atoms with Gasteiger partial charge in [-0.1, -0.05) is 12.2 Å². The largest absolute Gasteiger partial charge is 0.485 e. The van der Waals surface area contributed by atoms with E-state index in [0.29, 0.717) is 16.3 Å². The number of hydrogen-bond acceptors (Lipinski definition) is 3. The van der Waals surface area contributed by atoms with Crippen molar-refractivity contribution >= 4 is 12.2 Å². The van der Waals surface area contributed by atoms with E-state index in [0.717, 1.165) is 0 Å². The van der Waals surface area contributed by atoms with Gasteiger partial charge in [0.15, 0.2) is 5.75 Å². The molecular formula is C9H13NO2S. The summed E-state index contributed by atoms with van der Waals surface area (Å²) in [6.07, 6.45) is 0.123. The molecule has 0 atom stereocenters. The van der Waals surface area contributed by atoms with Crippen molar-refractivity contribution in [3.63, 3.8) is 0 Å². The Labute approximate surface area is 82.7 Å². The molecule has 13 heavy (non-hydrogen) atoms. The Morgan fingerprint density at radius 2 is 2.08 bits per heavy atom. The van der Waals surface area contributed by atoms with E-state index in [9.17, 15) is 0 Å². The van der Waals surface area contributed by atoms with E-state index >= 15 is 0 Å². The molecule has 0 spiro atoms. The van der Waals surface area contributed by atoms with Crippen LogP contribution in [0.2, 0.25) is 0 Å². The Hall–Kier alpha value is -1.03. The topological polar surface area (TPSA) is 34.2 Å². The monoisotopic (exact) mass is 199 g/mol. The van der Waals surface area contributed by atoms with Gasteiger partial charge in [-0.3, -0.25) is 0 Å². The summed E-state index contributed by atoms with van der Waals surface area (Å²) in [5.74, 6) is 1.26. The van der Waals surface area contributed by atoms with Crippen LogP contribution in [0.1, 0.15) is 13.8 Å². The van der Waals surface area contributed by atoms with Crippen molar-refractivity contribution in [2.45, 2.75) is 20.0 Å². The molecule has 0 aliphatic carbocycles. The number of methoxy groups -OCH3 is 1. The van der Waals surface area contributed by atoms with Gasteiger partial charge in [-0.25, -0.2) is 0 Å². The first kappa shape index (κ1) is 10.1. The molecule has 0 aromatic carbocycles. The van der Waals surface area contributed by atoms with Crippen LogP contribution in [0.3, 0.4) is 0 Å². The van der Waals surface area contributed by atoms with Crippen LogP contribution in [-0.4, -0.2) is 18.2 Å². The maximum Gasteiger partial charge on any atom is 0.235 e. The first-order valence-corrected chi connectivity index (χ1v) is 4.48. The van der Waals surface area contributed by atoms with Gasteiger partial charge in [0.1, 0.15) is 4.64 Å². The van der Waals surface area contributed by atoms with Gasteiger partial charge in [-0.2, -0.15) is 0 Å². The average molecular weight is 199 g/mol. The molecular weight excluding hydrogens is 186 g/mol. The zero-order valence-electron chi connectivity index (χ0n) is 7.96. The number of aromatic amines is 1. The van der Waals surface area contributed by atoms with E-state index in [-0.39, 0.29) is 6.10 Å². The number of aromatic nitrogens is 1. The summed E-state index contributed by atoms with van der Waals surface area (Å²) in [6.45, 7) is 3.92. The van der Waals surface area contributed by atoms with Crippen molar-refractivity contribution in [3.8, 4) is 11.6 Å². The summed E-state index contributed by atoms with van der Waals surface area (Å²) in [4.78, 5) is 2.90. The lowest BCUT2D eigenvalue weighted by Crippen LogP contribution is -2.07. The third kappa shape index (κ3) is 2.73. The van der Waals surface area contributed by atoms with Gasteiger partial charge in [-0.05, 0) is 26.0 Å². The van der Waals surface area contributed by atoms with Gasteiger partial charge < -0.3 is 14.5 Å². The van der Waals surface area contributed by atoms with Gasteiger partial charge in [0.05, 0.1) is 13.2 Å². The first-order chi connectivity index (χ1) is 6.13. The second-order valence-electron chi connectivity index (χ2n) is 2.89. The molecule has 0 aliphatic heterocycles. The Morgan fingerprint density at radius 1 is 1.38 bits per heavy atom. The zero-order chi connectivity index (χ0) is 9.84. The summed E-state index contributed by atoms with van der Waals surface area (Å²) in [5, 5.41) is 0. The normalized spacial score (nSPS) is 10.2. The zero-order valence-corrected chi connectivity index (χ0v) is 8.77.